The molecule has 1 aliphatic heterocycles. The van der Waals surface area contributed by atoms with E-state index in [-0.39, 0.29) is 28.0 Å². The Balaban J connectivity index is 2.17. The molecule has 2 unspecified atom stereocenters. The van der Waals surface area contributed by atoms with Crippen molar-refractivity contribution in [3.05, 3.63) is 0 Å². The number of thioether (sulfide) groups is 1. The van der Waals surface area contributed by atoms with Crippen molar-refractivity contribution in [3.8, 4) is 0 Å². The van der Waals surface area contributed by atoms with Gasteiger partial charge in [-0.15, -0.1) is 0 Å². The molecular weight excluding hydrogens is 232 g/mol. The highest BCUT2D eigenvalue weighted by molar-refractivity contribution is 8.00. The van der Waals surface area contributed by atoms with E-state index in [2.05, 4.69) is 34.0 Å². The normalized spacial score (nSPS) is 35.3. The molecule has 2 nitrogen and oxygen atoms in total. The molecule has 1 N–H and O–H groups in total. The third-order valence-corrected chi connectivity index (χ3v) is 6.13. The Labute approximate surface area is 110 Å². The summed E-state index contributed by atoms with van der Waals surface area (Å²) in [6.45, 7) is 8.52. The lowest BCUT2D eigenvalue weighted by molar-refractivity contribution is -0.0945. The average molecular weight is 258 g/mol. The number of rotatable bonds is 3. The zero-order valence-corrected chi connectivity index (χ0v) is 12.6. The topological polar surface area (TPSA) is 29.5 Å². The number of aliphatic hydroxyl groups excluding tert-OH is 1. The van der Waals surface area contributed by atoms with Crippen molar-refractivity contribution in [1.29, 1.82) is 0 Å². The van der Waals surface area contributed by atoms with Gasteiger partial charge in [-0.25, -0.2) is 0 Å². The molecule has 0 aromatic carbocycles. The minimum Gasteiger partial charge on any atom is -0.391 e. The molecule has 0 aromatic rings. The van der Waals surface area contributed by atoms with Crippen LogP contribution in [-0.2, 0) is 4.74 Å². The summed E-state index contributed by atoms with van der Waals surface area (Å²) < 4.78 is 6.21. The molecule has 0 amide bonds. The Morgan fingerprint density at radius 3 is 2.12 bits per heavy atom. The second-order valence-electron chi connectivity index (χ2n) is 6.84. The van der Waals surface area contributed by atoms with Crippen LogP contribution in [0.3, 0.4) is 0 Å². The fourth-order valence-electron chi connectivity index (χ4n) is 3.61. The largest absolute Gasteiger partial charge is 0.391 e. The van der Waals surface area contributed by atoms with Crippen molar-refractivity contribution in [1.82, 2.24) is 0 Å². The second-order valence-corrected chi connectivity index (χ2v) is 8.06. The van der Waals surface area contributed by atoms with Crippen LogP contribution < -0.4 is 0 Å². The first-order valence-corrected chi connectivity index (χ1v) is 7.88. The molecule has 2 fully saturated rings. The molecule has 100 valence electrons. The molecule has 2 rings (SSSR count). The summed E-state index contributed by atoms with van der Waals surface area (Å²) >= 11 is 1.85. The number of aliphatic hydroxyl groups is 1. The standard InChI is InChI=1S/C14H26O2S/c1-12(2)9-10(13(3,4)16-12)11(15)14(17-5)7-6-8-14/h10-11,15H,6-9H2,1-5H3. The Bertz CT molecular complexity index is 289. The summed E-state index contributed by atoms with van der Waals surface area (Å²) in [6, 6.07) is 0. The van der Waals surface area contributed by atoms with Gasteiger partial charge in [-0.05, 0) is 53.2 Å². The van der Waals surface area contributed by atoms with Gasteiger partial charge >= 0.3 is 0 Å². The van der Waals surface area contributed by atoms with Gasteiger partial charge in [0.1, 0.15) is 0 Å². The molecule has 3 heteroatoms. The van der Waals surface area contributed by atoms with Crippen LogP contribution in [0, 0.1) is 5.92 Å². The first-order chi connectivity index (χ1) is 7.72. The van der Waals surface area contributed by atoms with E-state index in [0.29, 0.717) is 0 Å². The van der Waals surface area contributed by atoms with Crippen LogP contribution in [0.5, 0.6) is 0 Å². The van der Waals surface area contributed by atoms with Crippen molar-refractivity contribution < 1.29 is 9.84 Å². The zero-order chi connectivity index (χ0) is 12.9. The molecule has 2 atom stereocenters. The van der Waals surface area contributed by atoms with Crippen molar-refractivity contribution in [3.63, 3.8) is 0 Å². The van der Waals surface area contributed by atoms with E-state index in [1.54, 1.807) is 0 Å². The van der Waals surface area contributed by atoms with E-state index in [1.165, 1.54) is 6.42 Å². The molecule has 1 saturated heterocycles. The number of hydrogen-bond donors (Lipinski definition) is 1. The highest BCUT2D eigenvalue weighted by atomic mass is 32.2. The van der Waals surface area contributed by atoms with Crippen LogP contribution in [0.2, 0.25) is 0 Å². The Kier molecular flexibility index (Phi) is 3.34. The fourth-order valence-corrected chi connectivity index (χ4v) is 4.71. The summed E-state index contributed by atoms with van der Waals surface area (Å²) in [4.78, 5) is 0. The van der Waals surface area contributed by atoms with E-state index in [9.17, 15) is 5.11 Å². The summed E-state index contributed by atoms with van der Waals surface area (Å²) in [6.07, 6.45) is 6.43. The van der Waals surface area contributed by atoms with Crippen molar-refractivity contribution >= 4 is 11.8 Å². The molecule has 1 aliphatic carbocycles. The molecule has 0 aromatic heterocycles. The van der Waals surface area contributed by atoms with Crippen LogP contribution in [0.15, 0.2) is 0 Å². The third kappa shape index (κ3) is 2.26. The Hall–Kier alpha value is 0.270. The van der Waals surface area contributed by atoms with E-state index in [1.807, 2.05) is 11.8 Å². The van der Waals surface area contributed by atoms with Crippen molar-refractivity contribution in [2.24, 2.45) is 5.92 Å². The number of hydrogen-bond acceptors (Lipinski definition) is 3. The van der Waals surface area contributed by atoms with Gasteiger partial charge in [0.15, 0.2) is 0 Å². The van der Waals surface area contributed by atoms with Crippen LogP contribution >= 0.6 is 11.8 Å². The minimum atomic E-state index is -0.233. The molecule has 1 saturated carbocycles. The Morgan fingerprint density at radius 2 is 1.82 bits per heavy atom. The van der Waals surface area contributed by atoms with Crippen molar-refractivity contribution in [2.45, 2.75) is 75.4 Å². The first-order valence-electron chi connectivity index (χ1n) is 6.66. The molecule has 0 bridgehead atoms. The minimum absolute atomic E-state index is 0.0987. The van der Waals surface area contributed by atoms with Gasteiger partial charge in [-0.2, -0.15) is 11.8 Å². The van der Waals surface area contributed by atoms with E-state index in [4.69, 9.17) is 4.74 Å². The highest BCUT2D eigenvalue weighted by Gasteiger charge is 2.55. The van der Waals surface area contributed by atoms with Crippen LogP contribution in [-0.4, -0.2) is 33.4 Å². The van der Waals surface area contributed by atoms with Crippen LogP contribution in [0.4, 0.5) is 0 Å². The van der Waals surface area contributed by atoms with Gasteiger partial charge in [-0.3, -0.25) is 0 Å². The second kappa shape index (κ2) is 4.14. The monoisotopic (exact) mass is 258 g/mol. The predicted molar refractivity (Wildman–Crippen MR) is 73.5 cm³/mol. The summed E-state index contributed by atoms with van der Waals surface area (Å²) in [5, 5.41) is 10.8. The smallest absolute Gasteiger partial charge is 0.0743 e. The third-order valence-electron chi connectivity index (χ3n) is 4.67. The lowest BCUT2D eigenvalue weighted by atomic mass is 9.70. The predicted octanol–water partition coefficient (Wildman–Crippen LogP) is 3.23. The summed E-state index contributed by atoms with van der Waals surface area (Å²) in [5.41, 5.74) is -0.306. The Morgan fingerprint density at radius 1 is 1.24 bits per heavy atom. The lowest BCUT2D eigenvalue weighted by Crippen LogP contribution is -2.52. The van der Waals surface area contributed by atoms with Gasteiger partial charge in [0.05, 0.1) is 17.3 Å². The van der Waals surface area contributed by atoms with Gasteiger partial charge in [0.2, 0.25) is 0 Å². The average Bonchev–Trinajstić information content (AvgIpc) is 2.33. The van der Waals surface area contributed by atoms with Crippen LogP contribution in [0.25, 0.3) is 0 Å². The quantitative estimate of drug-likeness (QED) is 0.843. The molecule has 1 heterocycles. The van der Waals surface area contributed by atoms with Crippen LogP contribution in [0.1, 0.15) is 53.4 Å². The maximum Gasteiger partial charge on any atom is 0.0743 e. The first kappa shape index (κ1) is 13.7. The van der Waals surface area contributed by atoms with Gasteiger partial charge in [-0.1, -0.05) is 6.42 Å². The van der Waals surface area contributed by atoms with E-state index < -0.39 is 0 Å². The lowest BCUT2D eigenvalue weighted by Gasteiger charge is -2.48. The van der Waals surface area contributed by atoms with Gasteiger partial charge in [0.25, 0.3) is 0 Å². The SMILES string of the molecule is CSC1(C(O)C2CC(C)(C)OC2(C)C)CCC1. The van der Waals surface area contributed by atoms with E-state index in [0.717, 1.165) is 19.3 Å². The molecule has 0 spiro atoms. The fraction of sp³-hybridized carbons (Fsp3) is 1.00. The maximum absolute atomic E-state index is 10.8. The summed E-state index contributed by atoms with van der Waals surface area (Å²) in [7, 11) is 0. The highest BCUT2D eigenvalue weighted by Crippen LogP contribution is 2.53. The molecule has 0 radical (unpaired) electrons. The zero-order valence-electron chi connectivity index (χ0n) is 11.7. The molecular formula is C14H26O2S. The molecule has 2 aliphatic rings. The maximum atomic E-state index is 10.8. The number of ether oxygens (including phenoxy) is 1. The van der Waals surface area contributed by atoms with E-state index >= 15 is 0 Å². The summed E-state index contributed by atoms with van der Waals surface area (Å²) in [5.74, 6) is 0.255. The van der Waals surface area contributed by atoms with Gasteiger partial charge in [0, 0.05) is 10.7 Å². The van der Waals surface area contributed by atoms with Gasteiger partial charge < -0.3 is 9.84 Å². The molecule has 17 heavy (non-hydrogen) atoms. The van der Waals surface area contributed by atoms with Crippen molar-refractivity contribution in [2.75, 3.05) is 6.26 Å².